The number of hydrogen-bond donors (Lipinski definition) is 1. The predicted octanol–water partition coefficient (Wildman–Crippen LogP) is 3.38. The molecule has 0 aliphatic rings. The molecule has 0 saturated carbocycles. The minimum atomic E-state index is -1.21. The molecule has 1 atom stereocenters. The van der Waals surface area contributed by atoms with Crippen molar-refractivity contribution in [3.63, 3.8) is 0 Å². The quantitative estimate of drug-likeness (QED) is 0.897. The first-order valence-electron chi connectivity index (χ1n) is 5.99. The van der Waals surface area contributed by atoms with E-state index < -0.39 is 16.8 Å². The smallest absolute Gasteiger partial charge is 0.307 e. The first kappa shape index (κ1) is 14.9. The normalized spacial score (nSPS) is 12.1. The van der Waals surface area contributed by atoms with E-state index in [2.05, 4.69) is 15.9 Å². The van der Waals surface area contributed by atoms with Crippen LogP contribution in [0.5, 0.6) is 0 Å². The third-order valence-electron chi connectivity index (χ3n) is 2.83. The molecule has 0 aromatic heterocycles. The highest BCUT2D eigenvalue weighted by molar-refractivity contribution is 9.10. The van der Waals surface area contributed by atoms with E-state index in [1.807, 2.05) is 30.3 Å². The number of rotatable bonds is 5. The van der Waals surface area contributed by atoms with Crippen molar-refractivity contribution in [3.8, 4) is 0 Å². The fraction of sp³-hybridized carbons (Fsp3) is 0.133. The number of aliphatic carboxylic acids is 1. The monoisotopic (exact) mass is 352 g/mol. The molecule has 0 radical (unpaired) electrons. The van der Waals surface area contributed by atoms with Crippen LogP contribution in [0.3, 0.4) is 0 Å². The van der Waals surface area contributed by atoms with Gasteiger partial charge in [-0.25, -0.2) is 0 Å². The molecule has 20 heavy (non-hydrogen) atoms. The Bertz CT molecular complexity index is 655. The highest BCUT2D eigenvalue weighted by Gasteiger charge is 2.12. The van der Waals surface area contributed by atoms with Gasteiger partial charge in [0.2, 0.25) is 0 Å². The van der Waals surface area contributed by atoms with Gasteiger partial charge in [-0.05, 0) is 39.2 Å². The SMILES string of the molecule is O=C(O)Cc1ccccc1CS(=O)c1ccccc1Br. The van der Waals surface area contributed by atoms with E-state index in [1.165, 1.54) is 0 Å². The maximum absolute atomic E-state index is 12.4. The lowest BCUT2D eigenvalue weighted by atomic mass is 10.1. The molecule has 1 N–H and O–H groups in total. The molecule has 0 saturated heterocycles. The van der Waals surface area contributed by atoms with E-state index >= 15 is 0 Å². The van der Waals surface area contributed by atoms with Crippen LogP contribution in [0.4, 0.5) is 0 Å². The van der Waals surface area contributed by atoms with Gasteiger partial charge in [0.25, 0.3) is 0 Å². The zero-order valence-electron chi connectivity index (χ0n) is 10.6. The van der Waals surface area contributed by atoms with E-state index in [9.17, 15) is 9.00 Å². The summed E-state index contributed by atoms with van der Waals surface area (Å²) in [4.78, 5) is 11.6. The van der Waals surface area contributed by atoms with E-state index in [4.69, 9.17) is 5.11 Å². The molecule has 0 fully saturated rings. The van der Waals surface area contributed by atoms with Crippen LogP contribution in [0.2, 0.25) is 0 Å². The number of carbonyl (C=O) groups is 1. The summed E-state index contributed by atoms with van der Waals surface area (Å²) in [5.74, 6) is -0.573. The second kappa shape index (κ2) is 6.81. The van der Waals surface area contributed by atoms with Gasteiger partial charge < -0.3 is 5.11 Å². The topological polar surface area (TPSA) is 54.4 Å². The third kappa shape index (κ3) is 3.77. The Kier molecular flexibility index (Phi) is 5.09. The summed E-state index contributed by atoms with van der Waals surface area (Å²) in [6.07, 6.45) is -0.0522. The molecule has 104 valence electrons. The van der Waals surface area contributed by atoms with Crippen molar-refractivity contribution in [2.45, 2.75) is 17.1 Å². The van der Waals surface area contributed by atoms with Crippen LogP contribution in [0.15, 0.2) is 57.9 Å². The molecular formula is C15H13BrO3S. The molecule has 0 aliphatic carbocycles. The third-order valence-corrected chi connectivity index (χ3v) is 5.20. The summed E-state index contributed by atoms with van der Waals surface area (Å²) in [6, 6.07) is 14.6. The molecule has 1 unspecified atom stereocenters. The molecule has 0 heterocycles. The van der Waals surface area contributed by atoms with E-state index in [0.29, 0.717) is 11.3 Å². The Balaban J connectivity index is 2.24. The van der Waals surface area contributed by atoms with Crippen molar-refractivity contribution < 1.29 is 14.1 Å². The van der Waals surface area contributed by atoms with Crippen LogP contribution >= 0.6 is 15.9 Å². The molecule has 3 nitrogen and oxygen atoms in total. The van der Waals surface area contributed by atoms with Crippen molar-refractivity contribution >= 4 is 32.7 Å². The van der Waals surface area contributed by atoms with Crippen molar-refractivity contribution in [1.29, 1.82) is 0 Å². The van der Waals surface area contributed by atoms with Crippen LogP contribution in [-0.2, 0) is 27.8 Å². The lowest BCUT2D eigenvalue weighted by Gasteiger charge is -2.08. The van der Waals surface area contributed by atoms with Crippen molar-refractivity contribution in [2.75, 3.05) is 0 Å². The summed E-state index contributed by atoms with van der Waals surface area (Å²) < 4.78 is 13.2. The summed E-state index contributed by atoms with van der Waals surface area (Å²) in [5.41, 5.74) is 1.52. The van der Waals surface area contributed by atoms with Crippen LogP contribution in [0.25, 0.3) is 0 Å². The average molecular weight is 353 g/mol. The fourth-order valence-corrected chi connectivity index (χ4v) is 3.94. The van der Waals surface area contributed by atoms with Crippen molar-refractivity contribution in [3.05, 3.63) is 64.1 Å². The molecule has 0 bridgehead atoms. The Hall–Kier alpha value is -1.46. The van der Waals surface area contributed by atoms with Crippen LogP contribution in [-0.4, -0.2) is 15.3 Å². The Morgan fingerprint density at radius 3 is 2.30 bits per heavy atom. The van der Waals surface area contributed by atoms with Gasteiger partial charge in [-0.3, -0.25) is 9.00 Å². The maximum atomic E-state index is 12.4. The fourth-order valence-electron chi connectivity index (χ4n) is 1.88. The molecule has 2 aromatic carbocycles. The van der Waals surface area contributed by atoms with Crippen molar-refractivity contribution in [2.24, 2.45) is 0 Å². The largest absolute Gasteiger partial charge is 0.481 e. The van der Waals surface area contributed by atoms with Crippen LogP contribution in [0.1, 0.15) is 11.1 Å². The standard InChI is InChI=1S/C15H13BrO3S/c16-13-7-3-4-8-14(13)20(19)10-12-6-2-1-5-11(12)9-15(17)18/h1-8H,9-10H2,(H,17,18). The summed E-state index contributed by atoms with van der Waals surface area (Å²) in [5, 5.41) is 8.90. The number of halogens is 1. The first-order valence-corrected chi connectivity index (χ1v) is 8.10. The van der Waals surface area contributed by atoms with Gasteiger partial charge in [0.05, 0.1) is 27.9 Å². The number of hydrogen-bond acceptors (Lipinski definition) is 2. The summed E-state index contributed by atoms with van der Waals surface area (Å²) >= 11 is 3.38. The van der Waals surface area contributed by atoms with Crippen LogP contribution < -0.4 is 0 Å². The molecule has 5 heteroatoms. The Morgan fingerprint density at radius 1 is 1.05 bits per heavy atom. The molecule has 2 rings (SSSR count). The highest BCUT2D eigenvalue weighted by Crippen LogP contribution is 2.23. The van der Waals surface area contributed by atoms with E-state index in [1.54, 1.807) is 18.2 Å². The maximum Gasteiger partial charge on any atom is 0.307 e. The van der Waals surface area contributed by atoms with Gasteiger partial charge in [0.1, 0.15) is 0 Å². The lowest BCUT2D eigenvalue weighted by molar-refractivity contribution is -0.136. The number of carboxylic acids is 1. The summed E-state index contributed by atoms with van der Waals surface area (Å²) in [7, 11) is -1.21. The molecular weight excluding hydrogens is 340 g/mol. The second-order valence-corrected chi connectivity index (χ2v) is 6.53. The van der Waals surface area contributed by atoms with Gasteiger partial charge in [-0.15, -0.1) is 0 Å². The predicted molar refractivity (Wildman–Crippen MR) is 82.0 cm³/mol. The number of benzene rings is 2. The zero-order chi connectivity index (χ0) is 14.5. The molecule has 0 amide bonds. The minimum absolute atomic E-state index is 0.0522. The van der Waals surface area contributed by atoms with Crippen LogP contribution in [0, 0.1) is 0 Å². The second-order valence-electron chi connectivity index (χ2n) is 4.26. The molecule has 0 spiro atoms. The van der Waals surface area contributed by atoms with Gasteiger partial charge in [0.15, 0.2) is 0 Å². The van der Waals surface area contributed by atoms with Gasteiger partial charge in [-0.2, -0.15) is 0 Å². The zero-order valence-corrected chi connectivity index (χ0v) is 13.0. The molecule has 2 aromatic rings. The highest BCUT2D eigenvalue weighted by atomic mass is 79.9. The minimum Gasteiger partial charge on any atom is -0.481 e. The Labute approximate surface area is 128 Å². The van der Waals surface area contributed by atoms with Gasteiger partial charge >= 0.3 is 5.97 Å². The van der Waals surface area contributed by atoms with Gasteiger partial charge in [-0.1, -0.05) is 36.4 Å². The van der Waals surface area contributed by atoms with E-state index in [-0.39, 0.29) is 6.42 Å². The number of carboxylic acid groups (broad SMARTS) is 1. The molecule has 0 aliphatic heterocycles. The lowest BCUT2D eigenvalue weighted by Crippen LogP contribution is -2.06. The first-order chi connectivity index (χ1) is 9.58. The van der Waals surface area contributed by atoms with Gasteiger partial charge in [0, 0.05) is 4.47 Å². The Morgan fingerprint density at radius 2 is 1.65 bits per heavy atom. The van der Waals surface area contributed by atoms with Crippen molar-refractivity contribution in [1.82, 2.24) is 0 Å². The summed E-state index contributed by atoms with van der Waals surface area (Å²) in [6.45, 7) is 0. The van der Waals surface area contributed by atoms with E-state index in [0.717, 1.165) is 14.9 Å². The average Bonchev–Trinajstić information content (AvgIpc) is 2.41.